The number of carbonyl (C=O) groups excluding carboxylic acids is 1. The van der Waals surface area contributed by atoms with Crippen molar-refractivity contribution < 1.29 is 4.79 Å². The van der Waals surface area contributed by atoms with Gasteiger partial charge in [-0.15, -0.1) is 0 Å². The third-order valence-electron chi connectivity index (χ3n) is 3.18. The molecule has 1 amide bonds. The van der Waals surface area contributed by atoms with E-state index in [9.17, 15) is 4.79 Å². The molecule has 3 N–H and O–H groups in total. The molecule has 0 spiro atoms. The number of pyridine rings is 1. The minimum atomic E-state index is -0.349. The molecular weight excluding hydrogens is 298 g/mol. The molecule has 0 unspecified atom stereocenters. The highest BCUT2D eigenvalue weighted by Crippen LogP contribution is 2.32. The summed E-state index contributed by atoms with van der Waals surface area (Å²) in [5, 5.41) is 0.791. The fraction of sp³-hybridized carbons (Fsp3) is 0.133. The maximum absolute atomic E-state index is 12.1. The number of carbonyl (C=O) groups is 1. The van der Waals surface area contributed by atoms with Crippen molar-refractivity contribution in [1.82, 2.24) is 15.4 Å². The van der Waals surface area contributed by atoms with Gasteiger partial charge >= 0.3 is 0 Å². The molecule has 0 saturated carbocycles. The van der Waals surface area contributed by atoms with Crippen molar-refractivity contribution in [3.05, 3.63) is 42.0 Å². The normalized spacial score (nSPS) is 10.7. The third-order valence-corrected chi connectivity index (χ3v) is 4.42. The minimum absolute atomic E-state index is 0.349. The molecule has 0 saturated heterocycles. The smallest absolute Gasteiger partial charge is 0.266 e. The maximum atomic E-state index is 12.1. The van der Waals surface area contributed by atoms with E-state index in [2.05, 4.69) is 15.4 Å². The fourth-order valence-corrected chi connectivity index (χ4v) is 3.04. The summed E-state index contributed by atoms with van der Waals surface area (Å²) in [6, 6.07) is 11.4. The van der Waals surface area contributed by atoms with Crippen LogP contribution in [-0.4, -0.2) is 30.0 Å². The summed E-state index contributed by atoms with van der Waals surface area (Å²) in [4.78, 5) is 23.0. The van der Waals surface area contributed by atoms with Crippen molar-refractivity contribution in [1.29, 1.82) is 0 Å². The van der Waals surface area contributed by atoms with Gasteiger partial charge in [-0.05, 0) is 6.07 Å². The van der Waals surface area contributed by atoms with Crippen LogP contribution in [0.3, 0.4) is 0 Å². The highest BCUT2D eigenvalue weighted by atomic mass is 32.1. The number of fused-ring (bicyclic) bond motifs is 1. The number of anilines is 1. The lowest BCUT2D eigenvalue weighted by Crippen LogP contribution is -2.30. The van der Waals surface area contributed by atoms with Crippen LogP contribution in [0.25, 0.3) is 21.6 Å². The van der Waals surface area contributed by atoms with Crippen LogP contribution in [0.2, 0.25) is 0 Å². The number of nitrogens with one attached hydrogen (secondary N) is 1. The molecule has 3 aromatic rings. The minimum Gasteiger partial charge on any atom is -0.354 e. The first-order valence-corrected chi connectivity index (χ1v) is 7.47. The van der Waals surface area contributed by atoms with Gasteiger partial charge < -0.3 is 4.90 Å². The Hall–Kier alpha value is -2.51. The first-order chi connectivity index (χ1) is 10.6. The van der Waals surface area contributed by atoms with Gasteiger partial charge in [-0.3, -0.25) is 10.2 Å². The third kappa shape index (κ3) is 2.51. The summed E-state index contributed by atoms with van der Waals surface area (Å²) in [5.74, 6) is 4.96. The molecule has 0 aliphatic heterocycles. The van der Waals surface area contributed by atoms with E-state index < -0.39 is 0 Å². The molecule has 0 radical (unpaired) electrons. The van der Waals surface area contributed by atoms with Gasteiger partial charge in [-0.1, -0.05) is 41.7 Å². The lowest BCUT2D eigenvalue weighted by Gasteiger charge is -2.05. The van der Waals surface area contributed by atoms with Crippen molar-refractivity contribution in [2.24, 2.45) is 5.84 Å². The van der Waals surface area contributed by atoms with Crippen molar-refractivity contribution in [2.45, 2.75) is 0 Å². The van der Waals surface area contributed by atoms with Gasteiger partial charge in [-0.25, -0.2) is 10.8 Å². The average molecular weight is 313 g/mol. The molecule has 2 heterocycles. The Morgan fingerprint density at radius 3 is 2.59 bits per heavy atom. The molecule has 112 valence electrons. The van der Waals surface area contributed by atoms with Crippen molar-refractivity contribution >= 4 is 32.7 Å². The van der Waals surface area contributed by atoms with Crippen LogP contribution < -0.4 is 16.2 Å². The molecule has 2 aromatic heterocycles. The Morgan fingerprint density at radius 1 is 1.23 bits per heavy atom. The van der Waals surface area contributed by atoms with Crippen LogP contribution in [0.4, 0.5) is 5.13 Å². The van der Waals surface area contributed by atoms with Gasteiger partial charge in [0.1, 0.15) is 0 Å². The highest BCUT2D eigenvalue weighted by Gasteiger charge is 2.17. The van der Waals surface area contributed by atoms with Gasteiger partial charge in [0.05, 0.1) is 16.0 Å². The van der Waals surface area contributed by atoms with Crippen molar-refractivity contribution in [3.8, 4) is 11.3 Å². The van der Waals surface area contributed by atoms with E-state index in [0.29, 0.717) is 16.9 Å². The Balaban J connectivity index is 2.26. The molecule has 7 heteroatoms. The molecule has 6 nitrogen and oxygen atoms in total. The van der Waals surface area contributed by atoms with Gasteiger partial charge in [0.15, 0.2) is 10.8 Å². The van der Waals surface area contributed by atoms with Crippen LogP contribution in [-0.2, 0) is 0 Å². The van der Waals surface area contributed by atoms with E-state index >= 15 is 0 Å². The lowest BCUT2D eigenvalue weighted by atomic mass is 10.1. The number of hydrazine groups is 1. The van der Waals surface area contributed by atoms with Gasteiger partial charge in [0.2, 0.25) is 0 Å². The molecule has 0 aliphatic rings. The van der Waals surface area contributed by atoms with Crippen LogP contribution in [0, 0.1) is 0 Å². The van der Waals surface area contributed by atoms with Crippen molar-refractivity contribution in [2.75, 3.05) is 19.0 Å². The number of aromatic nitrogens is 2. The Morgan fingerprint density at radius 2 is 1.95 bits per heavy atom. The second-order valence-electron chi connectivity index (χ2n) is 4.94. The molecule has 1 aromatic carbocycles. The molecule has 3 rings (SSSR count). The number of nitrogens with two attached hydrogens (primary N) is 1. The van der Waals surface area contributed by atoms with Gasteiger partial charge in [0, 0.05) is 19.7 Å². The standard InChI is InChI=1S/C15H15N5OS/c1-20(2)15-18-13-12(22-15)10(14(21)19-16)8-11(17-13)9-6-4-3-5-7-9/h3-8H,16H2,1-2H3,(H,19,21). The zero-order valence-corrected chi connectivity index (χ0v) is 13.0. The number of thiazole rings is 1. The van der Waals surface area contributed by atoms with E-state index in [1.54, 1.807) is 6.07 Å². The molecule has 22 heavy (non-hydrogen) atoms. The second kappa shape index (κ2) is 5.70. The second-order valence-corrected chi connectivity index (χ2v) is 5.92. The van der Waals surface area contributed by atoms with Crippen LogP contribution in [0.5, 0.6) is 0 Å². The molecular formula is C15H15N5OS. The number of nitrogens with zero attached hydrogens (tertiary/aromatic N) is 3. The summed E-state index contributed by atoms with van der Waals surface area (Å²) in [7, 11) is 3.80. The van der Waals surface area contributed by atoms with E-state index in [1.807, 2.05) is 49.3 Å². The number of amides is 1. The predicted octanol–water partition coefficient (Wildman–Crippen LogP) is 2.03. The lowest BCUT2D eigenvalue weighted by molar-refractivity contribution is 0.0955. The van der Waals surface area contributed by atoms with Crippen LogP contribution in [0.15, 0.2) is 36.4 Å². The van der Waals surface area contributed by atoms with E-state index in [-0.39, 0.29) is 5.91 Å². The van der Waals surface area contributed by atoms with Crippen molar-refractivity contribution in [3.63, 3.8) is 0 Å². The Bertz CT molecular complexity index is 829. The number of rotatable bonds is 3. The highest BCUT2D eigenvalue weighted by molar-refractivity contribution is 7.22. The zero-order chi connectivity index (χ0) is 15.7. The van der Waals surface area contributed by atoms with Crippen LogP contribution in [0.1, 0.15) is 10.4 Å². The maximum Gasteiger partial charge on any atom is 0.266 e. The molecule has 0 bridgehead atoms. The molecule has 0 fully saturated rings. The summed E-state index contributed by atoms with van der Waals surface area (Å²) in [6.45, 7) is 0. The SMILES string of the molecule is CN(C)c1nc2nc(-c3ccccc3)cc(C(=O)NN)c2s1. The number of hydrogen-bond acceptors (Lipinski definition) is 6. The Kier molecular flexibility index (Phi) is 3.74. The quantitative estimate of drug-likeness (QED) is 0.439. The Labute approximate surface area is 131 Å². The van der Waals surface area contributed by atoms with E-state index in [0.717, 1.165) is 15.4 Å². The molecule has 0 atom stereocenters. The molecule has 0 aliphatic carbocycles. The van der Waals surface area contributed by atoms with Gasteiger partial charge in [-0.2, -0.15) is 4.98 Å². The topological polar surface area (TPSA) is 84.1 Å². The average Bonchev–Trinajstić information content (AvgIpc) is 2.98. The monoisotopic (exact) mass is 313 g/mol. The fourth-order valence-electron chi connectivity index (χ4n) is 2.10. The summed E-state index contributed by atoms with van der Waals surface area (Å²) >= 11 is 1.42. The van der Waals surface area contributed by atoms with Crippen LogP contribution >= 0.6 is 11.3 Å². The first kappa shape index (κ1) is 14.4. The summed E-state index contributed by atoms with van der Waals surface area (Å²) < 4.78 is 0.728. The summed E-state index contributed by atoms with van der Waals surface area (Å²) in [6.07, 6.45) is 0. The largest absolute Gasteiger partial charge is 0.354 e. The number of benzene rings is 1. The number of hydrogen-bond donors (Lipinski definition) is 2. The van der Waals surface area contributed by atoms with E-state index in [4.69, 9.17) is 5.84 Å². The first-order valence-electron chi connectivity index (χ1n) is 6.65. The van der Waals surface area contributed by atoms with Gasteiger partial charge in [0.25, 0.3) is 5.91 Å². The predicted molar refractivity (Wildman–Crippen MR) is 88.8 cm³/mol. The zero-order valence-electron chi connectivity index (χ0n) is 12.2. The number of nitrogen functional groups attached to an aromatic ring is 1. The summed E-state index contributed by atoms with van der Waals surface area (Å²) in [5.41, 5.74) is 4.84. The van der Waals surface area contributed by atoms with E-state index in [1.165, 1.54) is 11.3 Å².